The van der Waals surface area contributed by atoms with Gasteiger partial charge in [0, 0.05) is 42.2 Å². The maximum absolute atomic E-state index is 2.58. The van der Waals surface area contributed by atoms with Crippen LogP contribution < -0.4 is 4.90 Å². The smallest absolute Gasteiger partial charge is 0.0543 e. The minimum Gasteiger partial charge on any atom is -0.309 e. The largest absolute Gasteiger partial charge is 0.309 e. The van der Waals surface area contributed by atoms with E-state index in [4.69, 9.17) is 0 Å². The Bertz CT molecular complexity index is 3060. The molecule has 9 aromatic rings. The van der Waals surface area contributed by atoms with Crippen LogP contribution in [-0.2, 0) is 5.41 Å². The van der Waals surface area contributed by atoms with E-state index in [-0.39, 0.29) is 5.41 Å². The Morgan fingerprint density at radius 3 is 1.84 bits per heavy atom. The summed E-state index contributed by atoms with van der Waals surface area (Å²) in [5.74, 6) is 3.29. The number of fused-ring (bicyclic) bond motifs is 7. The topological polar surface area (TPSA) is 3.24 Å². The van der Waals surface area contributed by atoms with Crippen molar-refractivity contribution < 1.29 is 0 Å². The van der Waals surface area contributed by atoms with E-state index in [2.05, 4.69) is 181 Å². The molecule has 4 bridgehead atoms. The van der Waals surface area contributed by atoms with Gasteiger partial charge in [0.2, 0.25) is 0 Å². The van der Waals surface area contributed by atoms with Crippen molar-refractivity contribution in [3.05, 3.63) is 187 Å². The monoisotopic (exact) mass is 761 g/mol. The number of rotatable bonds is 5. The maximum Gasteiger partial charge on any atom is 0.0543 e. The van der Waals surface area contributed by atoms with Gasteiger partial charge in [0.05, 0.1) is 11.4 Å². The lowest BCUT2D eigenvalue weighted by atomic mass is 9.43. The molecule has 1 heterocycles. The minimum atomic E-state index is 0.115. The summed E-state index contributed by atoms with van der Waals surface area (Å²) in [6, 6.07) is 66.6. The van der Waals surface area contributed by atoms with Crippen molar-refractivity contribution in [3.63, 3.8) is 0 Å². The molecule has 0 N–H and O–H groups in total. The Hall–Kier alpha value is -5.96. The first-order valence-corrected chi connectivity index (χ1v) is 22.2. The second-order valence-corrected chi connectivity index (χ2v) is 18.7. The SMILES string of the molecule is c1ccc(-c2cccc3sc4ccccc4c23)c(-c2ccc(N(c3cccc4c3-c3ccccc3C43C4CC5CC(C4)CC3C5)c3cccc4ccccc34)cc2)c1. The molecule has 0 radical (unpaired) electrons. The molecule has 0 amide bonds. The highest BCUT2D eigenvalue weighted by Crippen LogP contribution is 2.70. The minimum absolute atomic E-state index is 0.115. The van der Waals surface area contributed by atoms with Gasteiger partial charge in [-0.15, -0.1) is 11.3 Å². The summed E-state index contributed by atoms with van der Waals surface area (Å²) in [4.78, 5) is 2.58. The molecule has 0 saturated heterocycles. The van der Waals surface area contributed by atoms with E-state index in [0.717, 1.165) is 23.7 Å². The number of thiophene rings is 1. The third kappa shape index (κ3) is 4.58. The van der Waals surface area contributed by atoms with Gasteiger partial charge in [-0.05, 0) is 137 Å². The van der Waals surface area contributed by atoms with E-state index < -0.39 is 0 Å². The van der Waals surface area contributed by atoms with E-state index in [0.29, 0.717) is 0 Å². The number of hydrogen-bond donors (Lipinski definition) is 0. The van der Waals surface area contributed by atoms with Gasteiger partial charge in [-0.25, -0.2) is 0 Å². The third-order valence-corrected chi connectivity index (χ3v) is 16.0. The molecule has 1 nitrogen and oxygen atoms in total. The Morgan fingerprint density at radius 1 is 0.431 bits per heavy atom. The fraction of sp³-hybridized carbons (Fsp3) is 0.179. The van der Waals surface area contributed by atoms with Gasteiger partial charge in [0.1, 0.15) is 0 Å². The first-order valence-electron chi connectivity index (χ1n) is 21.4. The third-order valence-electron chi connectivity index (χ3n) is 14.9. The van der Waals surface area contributed by atoms with Crippen molar-refractivity contribution in [1.29, 1.82) is 0 Å². The summed E-state index contributed by atoms with van der Waals surface area (Å²) in [5.41, 5.74) is 14.9. The zero-order valence-electron chi connectivity index (χ0n) is 32.4. The molecule has 5 aliphatic carbocycles. The summed E-state index contributed by atoms with van der Waals surface area (Å²) in [5, 5.41) is 5.21. The van der Waals surface area contributed by atoms with E-state index >= 15 is 0 Å². The highest BCUT2D eigenvalue weighted by Gasteiger charge is 2.61. The Kier molecular flexibility index (Phi) is 7.13. The highest BCUT2D eigenvalue weighted by atomic mass is 32.1. The molecule has 1 aromatic heterocycles. The molecule has 4 saturated carbocycles. The quantitative estimate of drug-likeness (QED) is 0.169. The fourth-order valence-corrected chi connectivity index (χ4v) is 14.1. The lowest BCUT2D eigenvalue weighted by Crippen LogP contribution is -2.55. The predicted molar refractivity (Wildman–Crippen MR) is 246 cm³/mol. The second-order valence-electron chi connectivity index (χ2n) is 17.6. The Labute approximate surface area is 344 Å². The fourth-order valence-electron chi connectivity index (χ4n) is 12.9. The van der Waals surface area contributed by atoms with Crippen LogP contribution in [0.3, 0.4) is 0 Å². The molecule has 1 spiro atoms. The molecule has 4 fully saturated rings. The zero-order chi connectivity index (χ0) is 38.0. The summed E-state index contributed by atoms with van der Waals surface area (Å²) in [6.45, 7) is 0. The standard InChI is InChI=1S/C56H43NS/c1-2-15-43-37(12-1)13-9-22-50(43)57(51-23-11-21-49-55(51)46-17-5-7-20-48(46)56(49)39-31-35-30-36(33-39)34-40(56)32-35)41-28-26-38(27-29-41)42-14-3-4-16-44(42)45-19-10-25-53-54(45)47-18-6-8-24-52(47)58-53/h1-29,35-36,39-40H,30-34H2. The average molecular weight is 762 g/mol. The van der Waals surface area contributed by atoms with E-state index in [1.54, 1.807) is 11.1 Å². The Morgan fingerprint density at radius 2 is 1.02 bits per heavy atom. The lowest BCUT2D eigenvalue weighted by molar-refractivity contribution is -0.0399. The zero-order valence-corrected chi connectivity index (χ0v) is 33.3. The highest BCUT2D eigenvalue weighted by molar-refractivity contribution is 7.25. The van der Waals surface area contributed by atoms with Crippen LogP contribution in [-0.4, -0.2) is 0 Å². The van der Waals surface area contributed by atoms with E-state index in [1.165, 1.54) is 113 Å². The van der Waals surface area contributed by atoms with Crippen molar-refractivity contribution >= 4 is 59.3 Å². The van der Waals surface area contributed by atoms with Crippen LogP contribution in [0.15, 0.2) is 176 Å². The number of anilines is 3. The summed E-state index contributed by atoms with van der Waals surface area (Å²) in [6.07, 6.45) is 7.01. The van der Waals surface area contributed by atoms with Gasteiger partial charge >= 0.3 is 0 Å². The van der Waals surface area contributed by atoms with Gasteiger partial charge in [0.25, 0.3) is 0 Å². The molecule has 5 aliphatic rings. The summed E-state index contributed by atoms with van der Waals surface area (Å²) in [7, 11) is 0. The van der Waals surface area contributed by atoms with Crippen LogP contribution in [0.25, 0.3) is 64.3 Å². The number of benzene rings is 8. The van der Waals surface area contributed by atoms with Crippen LogP contribution in [0.5, 0.6) is 0 Å². The van der Waals surface area contributed by atoms with Crippen LogP contribution in [0.2, 0.25) is 0 Å². The van der Waals surface area contributed by atoms with Crippen molar-refractivity contribution in [2.45, 2.75) is 37.5 Å². The van der Waals surface area contributed by atoms with Gasteiger partial charge < -0.3 is 4.90 Å². The second kappa shape index (κ2) is 12.5. The molecular formula is C56H43NS. The molecule has 278 valence electrons. The van der Waals surface area contributed by atoms with Gasteiger partial charge in [-0.2, -0.15) is 0 Å². The molecular weight excluding hydrogens is 719 g/mol. The van der Waals surface area contributed by atoms with E-state index in [9.17, 15) is 0 Å². The predicted octanol–water partition coefficient (Wildman–Crippen LogP) is 15.7. The number of nitrogens with zero attached hydrogens (tertiary/aromatic N) is 1. The molecule has 0 unspecified atom stereocenters. The molecule has 14 rings (SSSR count). The first-order chi connectivity index (χ1) is 28.7. The van der Waals surface area contributed by atoms with Crippen molar-refractivity contribution in [1.82, 2.24) is 0 Å². The van der Waals surface area contributed by atoms with Gasteiger partial charge in [-0.3, -0.25) is 0 Å². The van der Waals surface area contributed by atoms with Crippen LogP contribution in [0.1, 0.15) is 43.2 Å². The first kappa shape index (κ1) is 33.1. The molecule has 2 heteroatoms. The van der Waals surface area contributed by atoms with Crippen molar-refractivity contribution in [2.24, 2.45) is 23.7 Å². The molecule has 8 aromatic carbocycles. The molecule has 0 aliphatic heterocycles. The molecule has 58 heavy (non-hydrogen) atoms. The van der Waals surface area contributed by atoms with Crippen LogP contribution >= 0.6 is 11.3 Å². The average Bonchev–Trinajstić information content (AvgIpc) is 3.80. The lowest BCUT2D eigenvalue weighted by Gasteiger charge is -2.61. The Balaban J connectivity index is 1.00. The van der Waals surface area contributed by atoms with Crippen LogP contribution in [0, 0.1) is 23.7 Å². The summed E-state index contributed by atoms with van der Waals surface area (Å²) >= 11 is 1.89. The van der Waals surface area contributed by atoms with Crippen molar-refractivity contribution in [2.75, 3.05) is 4.90 Å². The van der Waals surface area contributed by atoms with Gasteiger partial charge in [0.15, 0.2) is 0 Å². The van der Waals surface area contributed by atoms with Crippen molar-refractivity contribution in [3.8, 4) is 33.4 Å². The maximum atomic E-state index is 2.58. The summed E-state index contributed by atoms with van der Waals surface area (Å²) < 4.78 is 2.67. The van der Waals surface area contributed by atoms with Crippen LogP contribution in [0.4, 0.5) is 17.1 Å². The van der Waals surface area contributed by atoms with E-state index in [1.807, 2.05) is 11.3 Å². The van der Waals surface area contributed by atoms with Gasteiger partial charge in [-0.1, -0.05) is 140 Å². The number of hydrogen-bond acceptors (Lipinski definition) is 2. The molecule has 0 atom stereocenters. The normalized spacial score (nSPS) is 22.6.